The van der Waals surface area contributed by atoms with Crippen LogP contribution >= 0.6 is 0 Å². The summed E-state index contributed by atoms with van der Waals surface area (Å²) in [6.45, 7) is 8.38. The van der Waals surface area contributed by atoms with Crippen LogP contribution in [0.2, 0.25) is 0 Å². The Labute approximate surface area is 156 Å². The van der Waals surface area contributed by atoms with E-state index >= 15 is 0 Å². The van der Waals surface area contributed by atoms with Gasteiger partial charge in [-0.15, -0.1) is 0 Å². The van der Waals surface area contributed by atoms with Crippen molar-refractivity contribution in [2.24, 2.45) is 0 Å². The summed E-state index contributed by atoms with van der Waals surface area (Å²) in [6.07, 6.45) is 2.08. The summed E-state index contributed by atoms with van der Waals surface area (Å²) in [6, 6.07) is 14.3. The summed E-state index contributed by atoms with van der Waals surface area (Å²) in [7, 11) is 0. The molecule has 0 spiro atoms. The normalized spacial score (nSPS) is 13.9. The average Bonchev–Trinajstić information content (AvgIpc) is 2.66. The summed E-state index contributed by atoms with van der Waals surface area (Å²) in [5, 5.41) is 3.03. The minimum absolute atomic E-state index is 0.0138. The van der Waals surface area contributed by atoms with Gasteiger partial charge in [0.05, 0.1) is 6.61 Å². The van der Waals surface area contributed by atoms with E-state index in [0.29, 0.717) is 18.7 Å². The van der Waals surface area contributed by atoms with Gasteiger partial charge in [0.1, 0.15) is 5.75 Å². The highest BCUT2D eigenvalue weighted by molar-refractivity contribution is 5.94. The van der Waals surface area contributed by atoms with E-state index in [1.807, 2.05) is 32.0 Å². The van der Waals surface area contributed by atoms with E-state index in [1.54, 1.807) is 0 Å². The van der Waals surface area contributed by atoms with Crippen molar-refractivity contribution in [2.75, 3.05) is 26.2 Å². The number of ether oxygens (including phenoxy) is 1. The van der Waals surface area contributed by atoms with Crippen LogP contribution < -0.4 is 10.1 Å². The molecule has 138 valence electrons. The molecule has 0 aliphatic carbocycles. The van der Waals surface area contributed by atoms with E-state index in [-0.39, 0.29) is 5.91 Å². The van der Waals surface area contributed by atoms with Crippen LogP contribution in [0.1, 0.15) is 40.4 Å². The van der Waals surface area contributed by atoms with Gasteiger partial charge in [-0.1, -0.05) is 24.3 Å². The van der Waals surface area contributed by atoms with Gasteiger partial charge >= 0.3 is 0 Å². The Morgan fingerprint density at radius 2 is 2.00 bits per heavy atom. The molecule has 4 heteroatoms. The molecule has 1 aliphatic heterocycles. The van der Waals surface area contributed by atoms with Gasteiger partial charge in [0.15, 0.2) is 0 Å². The zero-order valence-corrected chi connectivity index (χ0v) is 15.8. The van der Waals surface area contributed by atoms with Crippen LogP contribution in [0.3, 0.4) is 0 Å². The van der Waals surface area contributed by atoms with Gasteiger partial charge in [-0.05, 0) is 61.6 Å². The number of hydrogen-bond donors (Lipinski definition) is 1. The highest BCUT2D eigenvalue weighted by atomic mass is 16.5. The second-order valence-corrected chi connectivity index (χ2v) is 6.82. The lowest BCUT2D eigenvalue weighted by molar-refractivity contribution is 0.0951. The van der Waals surface area contributed by atoms with Gasteiger partial charge < -0.3 is 10.1 Å². The zero-order valence-electron chi connectivity index (χ0n) is 15.8. The molecule has 26 heavy (non-hydrogen) atoms. The number of aryl methyl sites for hydroxylation is 1. The zero-order chi connectivity index (χ0) is 18.4. The minimum atomic E-state index is -0.0138. The van der Waals surface area contributed by atoms with Gasteiger partial charge in [-0.3, -0.25) is 9.69 Å². The van der Waals surface area contributed by atoms with E-state index < -0.39 is 0 Å². The Morgan fingerprint density at radius 1 is 1.19 bits per heavy atom. The van der Waals surface area contributed by atoms with Gasteiger partial charge in [-0.25, -0.2) is 0 Å². The monoisotopic (exact) mass is 352 g/mol. The maximum absolute atomic E-state index is 12.3. The van der Waals surface area contributed by atoms with Crippen molar-refractivity contribution in [1.82, 2.24) is 10.2 Å². The van der Waals surface area contributed by atoms with Crippen LogP contribution in [0.25, 0.3) is 0 Å². The van der Waals surface area contributed by atoms with Crippen LogP contribution in [0.4, 0.5) is 0 Å². The maximum Gasteiger partial charge on any atom is 0.251 e. The van der Waals surface area contributed by atoms with Gasteiger partial charge in [0.2, 0.25) is 0 Å². The van der Waals surface area contributed by atoms with Crippen molar-refractivity contribution >= 4 is 5.91 Å². The number of amides is 1. The third-order valence-electron chi connectivity index (χ3n) is 4.88. The molecular formula is C22H28N2O2. The lowest BCUT2D eigenvalue weighted by Gasteiger charge is -2.28. The molecular weight excluding hydrogens is 324 g/mol. The number of nitrogens with zero attached hydrogens (tertiary/aromatic N) is 1. The molecule has 1 heterocycles. The number of hydrogen-bond acceptors (Lipinski definition) is 3. The fraction of sp³-hybridized carbons (Fsp3) is 0.409. The SMILES string of the molecule is CCOc1ccc(C(=O)NCCCN2CCc3ccccc3C2)cc1C. The van der Waals surface area contributed by atoms with Gasteiger partial charge in [0.25, 0.3) is 5.91 Å². The highest BCUT2D eigenvalue weighted by Gasteiger charge is 2.15. The Balaban J connectivity index is 1.42. The van der Waals surface area contributed by atoms with E-state index in [4.69, 9.17) is 4.74 Å². The molecule has 0 aromatic heterocycles. The number of carbonyl (C=O) groups is 1. The topological polar surface area (TPSA) is 41.6 Å². The van der Waals surface area contributed by atoms with Crippen LogP contribution in [0.5, 0.6) is 5.75 Å². The first-order chi connectivity index (χ1) is 12.7. The molecule has 2 aromatic rings. The number of benzene rings is 2. The van der Waals surface area contributed by atoms with E-state index in [1.165, 1.54) is 11.1 Å². The molecule has 2 aromatic carbocycles. The van der Waals surface area contributed by atoms with Crippen molar-refractivity contribution in [1.29, 1.82) is 0 Å². The predicted octanol–water partition coefficient (Wildman–Crippen LogP) is 3.57. The van der Waals surface area contributed by atoms with Gasteiger partial charge in [-0.2, -0.15) is 0 Å². The van der Waals surface area contributed by atoms with E-state index in [2.05, 4.69) is 34.5 Å². The fourth-order valence-corrected chi connectivity index (χ4v) is 3.46. The first kappa shape index (κ1) is 18.5. The molecule has 3 rings (SSSR count). The minimum Gasteiger partial charge on any atom is -0.494 e. The second-order valence-electron chi connectivity index (χ2n) is 6.82. The van der Waals surface area contributed by atoms with Crippen molar-refractivity contribution < 1.29 is 9.53 Å². The molecule has 0 radical (unpaired) electrons. The molecule has 1 aliphatic rings. The van der Waals surface area contributed by atoms with Gasteiger partial charge in [0, 0.05) is 31.7 Å². The molecule has 1 N–H and O–H groups in total. The van der Waals surface area contributed by atoms with E-state index in [0.717, 1.165) is 43.8 Å². The van der Waals surface area contributed by atoms with Crippen LogP contribution in [0, 0.1) is 6.92 Å². The number of nitrogens with one attached hydrogen (secondary N) is 1. The van der Waals surface area contributed by atoms with Crippen molar-refractivity contribution in [3.63, 3.8) is 0 Å². The second kappa shape index (κ2) is 8.86. The molecule has 1 amide bonds. The standard InChI is InChI=1S/C22H28N2O2/c1-3-26-21-10-9-19(15-17(21)2)22(25)23-12-6-13-24-14-11-18-7-4-5-8-20(18)16-24/h4-5,7-10,15H,3,6,11-14,16H2,1-2H3,(H,23,25). The summed E-state index contributed by atoms with van der Waals surface area (Å²) in [5.74, 6) is 0.828. The van der Waals surface area contributed by atoms with Crippen LogP contribution in [-0.2, 0) is 13.0 Å². The van der Waals surface area contributed by atoms with Crippen molar-refractivity contribution in [3.05, 3.63) is 64.7 Å². The van der Waals surface area contributed by atoms with Crippen molar-refractivity contribution in [3.8, 4) is 5.75 Å². The Hall–Kier alpha value is -2.33. The summed E-state index contributed by atoms with van der Waals surface area (Å²) in [4.78, 5) is 14.8. The van der Waals surface area contributed by atoms with Crippen LogP contribution in [-0.4, -0.2) is 37.0 Å². The lowest BCUT2D eigenvalue weighted by atomic mass is 10.00. The summed E-state index contributed by atoms with van der Waals surface area (Å²) in [5.41, 5.74) is 4.60. The number of rotatable bonds is 7. The van der Waals surface area contributed by atoms with Crippen molar-refractivity contribution in [2.45, 2.75) is 33.2 Å². The summed E-state index contributed by atoms with van der Waals surface area (Å²) < 4.78 is 5.52. The lowest BCUT2D eigenvalue weighted by Crippen LogP contribution is -2.33. The highest BCUT2D eigenvalue weighted by Crippen LogP contribution is 2.19. The number of carbonyl (C=O) groups excluding carboxylic acids is 1. The predicted molar refractivity (Wildman–Crippen MR) is 105 cm³/mol. The molecule has 0 saturated heterocycles. The first-order valence-electron chi connectivity index (χ1n) is 9.48. The molecule has 0 bridgehead atoms. The largest absolute Gasteiger partial charge is 0.494 e. The third kappa shape index (κ3) is 4.64. The Morgan fingerprint density at radius 3 is 2.77 bits per heavy atom. The van der Waals surface area contributed by atoms with E-state index in [9.17, 15) is 4.79 Å². The molecule has 0 unspecified atom stereocenters. The quantitative estimate of drug-likeness (QED) is 0.775. The Bertz CT molecular complexity index is 758. The third-order valence-corrected chi connectivity index (χ3v) is 4.88. The Kier molecular flexibility index (Phi) is 6.29. The van der Waals surface area contributed by atoms with Crippen LogP contribution in [0.15, 0.2) is 42.5 Å². The molecule has 0 fully saturated rings. The smallest absolute Gasteiger partial charge is 0.251 e. The molecule has 0 saturated carbocycles. The fourth-order valence-electron chi connectivity index (χ4n) is 3.46. The molecule has 4 nitrogen and oxygen atoms in total. The first-order valence-corrected chi connectivity index (χ1v) is 9.48. The average molecular weight is 352 g/mol. The maximum atomic E-state index is 12.3. The number of fused-ring (bicyclic) bond motifs is 1. The molecule has 0 atom stereocenters. The summed E-state index contributed by atoms with van der Waals surface area (Å²) >= 11 is 0.